The normalized spacial score (nSPS) is 12.0. The summed E-state index contributed by atoms with van der Waals surface area (Å²) in [5.41, 5.74) is 0.939. The van der Waals surface area contributed by atoms with Gasteiger partial charge in [-0.15, -0.1) is 11.3 Å². The Kier molecular flexibility index (Phi) is 4.33. The number of benzene rings is 2. The number of hydrogen-bond acceptors (Lipinski definition) is 5. The maximum atomic E-state index is 11.2. The van der Waals surface area contributed by atoms with Crippen LogP contribution in [0.15, 0.2) is 72.4 Å². The summed E-state index contributed by atoms with van der Waals surface area (Å²) >= 11 is 1.28. The average Bonchev–Trinajstić information content (AvgIpc) is 3.17. The fourth-order valence-corrected chi connectivity index (χ4v) is 3.60. The molecule has 2 aromatic carbocycles. The molecule has 2 heterocycles. The molecule has 2 aromatic heterocycles. The van der Waals surface area contributed by atoms with Crippen LogP contribution in [0, 0.1) is 0 Å². The highest BCUT2D eigenvalue weighted by molar-refractivity contribution is 7.09. The van der Waals surface area contributed by atoms with Crippen molar-refractivity contribution in [1.29, 1.82) is 0 Å². The fraction of sp³-hybridized carbons (Fsp3) is 0.0500. The van der Waals surface area contributed by atoms with Gasteiger partial charge in [0.1, 0.15) is 10.8 Å². The Morgan fingerprint density at radius 3 is 2.69 bits per heavy atom. The number of carboxylic acid groups (broad SMARTS) is 1. The Hall–Kier alpha value is -3.25. The molecular formula is C20H14N2O3S. The topological polar surface area (TPSA) is 72.3 Å². The lowest BCUT2D eigenvalue weighted by Gasteiger charge is -2.19. The number of fused-ring (bicyclic) bond motifs is 1. The van der Waals surface area contributed by atoms with Crippen molar-refractivity contribution in [2.75, 3.05) is 0 Å². The van der Waals surface area contributed by atoms with Gasteiger partial charge in [-0.25, -0.2) is 9.78 Å². The molecule has 0 aliphatic carbocycles. The predicted molar refractivity (Wildman–Crippen MR) is 99.7 cm³/mol. The van der Waals surface area contributed by atoms with Gasteiger partial charge >= 0.3 is 5.97 Å². The van der Waals surface area contributed by atoms with Crippen molar-refractivity contribution in [1.82, 2.24) is 9.97 Å². The third-order valence-corrected chi connectivity index (χ3v) is 4.85. The lowest BCUT2D eigenvalue weighted by atomic mass is 10.0. The second-order valence-corrected chi connectivity index (χ2v) is 6.52. The van der Waals surface area contributed by atoms with Crippen LogP contribution in [0.25, 0.3) is 10.8 Å². The minimum Gasteiger partial charge on any atom is -0.478 e. The van der Waals surface area contributed by atoms with Gasteiger partial charge in [0.15, 0.2) is 11.8 Å². The molecular weight excluding hydrogens is 348 g/mol. The summed E-state index contributed by atoms with van der Waals surface area (Å²) in [4.78, 5) is 19.7. The van der Waals surface area contributed by atoms with Crippen molar-refractivity contribution < 1.29 is 14.6 Å². The standard InChI is InChI=1S/C20H14N2O3S/c23-20(24)17-12-26-19(22-17)18(25-14-6-2-1-3-7-14)16-8-4-5-13-11-21-10-9-15(13)16/h1-12,18H,(H,23,24). The van der Waals surface area contributed by atoms with Crippen molar-refractivity contribution in [3.8, 4) is 5.75 Å². The zero-order chi connectivity index (χ0) is 17.9. The molecule has 0 saturated heterocycles. The Labute approximate surface area is 153 Å². The second kappa shape index (κ2) is 6.93. The van der Waals surface area contributed by atoms with E-state index in [4.69, 9.17) is 4.74 Å². The molecule has 0 spiro atoms. The number of rotatable bonds is 5. The summed E-state index contributed by atoms with van der Waals surface area (Å²) in [6.07, 6.45) is 3.01. The number of aromatic nitrogens is 2. The average molecular weight is 362 g/mol. The van der Waals surface area contributed by atoms with Crippen molar-refractivity contribution in [3.05, 3.63) is 88.6 Å². The number of nitrogens with zero attached hydrogens (tertiary/aromatic N) is 2. The zero-order valence-corrected chi connectivity index (χ0v) is 14.4. The third-order valence-electron chi connectivity index (χ3n) is 3.96. The Morgan fingerprint density at radius 2 is 1.92 bits per heavy atom. The predicted octanol–water partition coefficient (Wildman–Crippen LogP) is 4.56. The SMILES string of the molecule is O=C(O)c1csc(C(Oc2ccccc2)c2cccc3cnccc23)n1. The molecule has 0 radical (unpaired) electrons. The maximum absolute atomic E-state index is 11.2. The molecule has 0 saturated carbocycles. The highest BCUT2D eigenvalue weighted by atomic mass is 32.1. The highest BCUT2D eigenvalue weighted by Gasteiger charge is 2.23. The highest BCUT2D eigenvalue weighted by Crippen LogP contribution is 2.34. The number of pyridine rings is 1. The van der Waals surface area contributed by atoms with Crippen LogP contribution in [0.4, 0.5) is 0 Å². The molecule has 1 atom stereocenters. The molecule has 26 heavy (non-hydrogen) atoms. The van der Waals surface area contributed by atoms with E-state index in [1.807, 2.05) is 54.6 Å². The molecule has 0 aliphatic heterocycles. The monoisotopic (exact) mass is 362 g/mol. The second-order valence-electron chi connectivity index (χ2n) is 5.63. The molecule has 128 valence electrons. The Balaban J connectivity index is 1.85. The van der Waals surface area contributed by atoms with Crippen molar-refractivity contribution in [3.63, 3.8) is 0 Å². The van der Waals surface area contributed by atoms with Gasteiger partial charge in [0.2, 0.25) is 0 Å². The van der Waals surface area contributed by atoms with E-state index in [0.717, 1.165) is 16.3 Å². The molecule has 4 rings (SSSR count). The minimum atomic E-state index is -1.05. The van der Waals surface area contributed by atoms with Crippen LogP contribution in [-0.2, 0) is 0 Å². The van der Waals surface area contributed by atoms with E-state index < -0.39 is 12.1 Å². The van der Waals surface area contributed by atoms with Crippen LogP contribution in [-0.4, -0.2) is 21.0 Å². The summed E-state index contributed by atoms with van der Waals surface area (Å²) in [6.45, 7) is 0. The van der Waals surface area contributed by atoms with Gasteiger partial charge in [0, 0.05) is 28.7 Å². The Morgan fingerprint density at radius 1 is 1.08 bits per heavy atom. The van der Waals surface area contributed by atoms with Gasteiger partial charge in [-0.3, -0.25) is 4.98 Å². The van der Waals surface area contributed by atoms with E-state index >= 15 is 0 Å². The molecule has 0 aliphatic rings. The molecule has 6 heteroatoms. The smallest absolute Gasteiger partial charge is 0.355 e. The first kappa shape index (κ1) is 16.2. The number of ether oxygens (including phenoxy) is 1. The van der Waals surface area contributed by atoms with Crippen LogP contribution in [0.3, 0.4) is 0 Å². The molecule has 0 fully saturated rings. The van der Waals surface area contributed by atoms with Crippen molar-refractivity contribution in [2.24, 2.45) is 0 Å². The van der Waals surface area contributed by atoms with E-state index in [1.165, 1.54) is 16.7 Å². The van der Waals surface area contributed by atoms with Gasteiger partial charge in [-0.2, -0.15) is 0 Å². The van der Waals surface area contributed by atoms with Gasteiger partial charge in [-0.05, 0) is 23.6 Å². The molecule has 0 bridgehead atoms. The van der Waals surface area contributed by atoms with E-state index in [-0.39, 0.29) is 5.69 Å². The van der Waals surface area contributed by atoms with Gasteiger partial charge in [0.05, 0.1) is 0 Å². The summed E-state index contributed by atoms with van der Waals surface area (Å²) in [5, 5.41) is 13.3. The molecule has 1 N–H and O–H groups in total. The third kappa shape index (κ3) is 3.14. The summed E-state index contributed by atoms with van der Waals surface area (Å²) in [5.74, 6) is -0.358. The number of carboxylic acids is 1. The van der Waals surface area contributed by atoms with E-state index in [0.29, 0.717) is 10.8 Å². The zero-order valence-electron chi connectivity index (χ0n) is 13.6. The lowest BCUT2D eigenvalue weighted by Crippen LogP contribution is -2.10. The Bertz CT molecular complexity index is 1060. The van der Waals surface area contributed by atoms with Crippen LogP contribution in [0.1, 0.15) is 27.2 Å². The molecule has 4 aromatic rings. The van der Waals surface area contributed by atoms with Crippen LogP contribution >= 0.6 is 11.3 Å². The van der Waals surface area contributed by atoms with E-state index in [1.54, 1.807) is 12.4 Å². The number of thiazole rings is 1. The first-order valence-corrected chi connectivity index (χ1v) is 8.83. The largest absolute Gasteiger partial charge is 0.478 e. The lowest BCUT2D eigenvalue weighted by molar-refractivity contribution is 0.0691. The molecule has 0 amide bonds. The first-order chi connectivity index (χ1) is 12.7. The van der Waals surface area contributed by atoms with Crippen LogP contribution < -0.4 is 4.74 Å². The number of aromatic carboxylic acids is 1. The number of para-hydroxylation sites is 1. The van der Waals surface area contributed by atoms with Crippen molar-refractivity contribution >= 4 is 28.1 Å². The number of hydrogen-bond donors (Lipinski definition) is 1. The maximum Gasteiger partial charge on any atom is 0.355 e. The summed E-state index contributed by atoms with van der Waals surface area (Å²) in [7, 11) is 0. The number of carbonyl (C=O) groups is 1. The first-order valence-electron chi connectivity index (χ1n) is 7.95. The van der Waals surface area contributed by atoms with Crippen LogP contribution in [0.5, 0.6) is 5.75 Å². The summed E-state index contributed by atoms with van der Waals surface area (Å²) in [6, 6.07) is 17.2. The van der Waals surface area contributed by atoms with Gasteiger partial charge in [-0.1, -0.05) is 36.4 Å². The molecule has 1 unspecified atom stereocenters. The van der Waals surface area contributed by atoms with E-state index in [2.05, 4.69) is 9.97 Å². The molecule has 5 nitrogen and oxygen atoms in total. The van der Waals surface area contributed by atoms with Crippen LogP contribution in [0.2, 0.25) is 0 Å². The van der Waals surface area contributed by atoms with Gasteiger partial charge < -0.3 is 9.84 Å². The fourth-order valence-electron chi connectivity index (χ4n) is 2.76. The van der Waals surface area contributed by atoms with Crippen molar-refractivity contribution in [2.45, 2.75) is 6.10 Å². The minimum absolute atomic E-state index is 0.0218. The summed E-state index contributed by atoms with van der Waals surface area (Å²) < 4.78 is 6.22. The van der Waals surface area contributed by atoms with E-state index in [9.17, 15) is 9.90 Å². The van der Waals surface area contributed by atoms with Gasteiger partial charge in [0.25, 0.3) is 0 Å². The quantitative estimate of drug-likeness (QED) is 0.563.